The number of carbonyl (C=O) groups is 1. The SMILES string of the molecule is NC(=O)c1ccccc1-c1ccc2ccnnc2c1. The summed E-state index contributed by atoms with van der Waals surface area (Å²) in [5.41, 5.74) is 8.41. The highest BCUT2D eigenvalue weighted by molar-refractivity contribution is 6.00. The molecule has 0 saturated heterocycles. The Balaban J connectivity index is 2.22. The lowest BCUT2D eigenvalue weighted by Gasteiger charge is -2.07. The summed E-state index contributed by atoms with van der Waals surface area (Å²) < 4.78 is 0. The van der Waals surface area contributed by atoms with E-state index < -0.39 is 5.91 Å². The number of amides is 1. The molecule has 0 radical (unpaired) electrons. The fourth-order valence-electron chi connectivity index (χ4n) is 2.10. The fourth-order valence-corrected chi connectivity index (χ4v) is 2.10. The Morgan fingerprint density at radius 3 is 2.74 bits per heavy atom. The molecule has 0 spiro atoms. The van der Waals surface area contributed by atoms with E-state index in [1.54, 1.807) is 18.3 Å². The van der Waals surface area contributed by atoms with Crippen molar-refractivity contribution in [2.24, 2.45) is 5.73 Å². The maximum Gasteiger partial charge on any atom is 0.249 e. The van der Waals surface area contributed by atoms with Crippen LogP contribution in [0.5, 0.6) is 0 Å². The van der Waals surface area contributed by atoms with Crippen LogP contribution in [0.1, 0.15) is 10.4 Å². The average Bonchev–Trinajstić information content (AvgIpc) is 2.46. The first kappa shape index (κ1) is 11.3. The minimum atomic E-state index is -0.435. The normalized spacial score (nSPS) is 10.5. The number of primary amides is 1. The maximum absolute atomic E-state index is 11.5. The second kappa shape index (κ2) is 4.49. The molecule has 0 aliphatic rings. The van der Waals surface area contributed by atoms with Gasteiger partial charge >= 0.3 is 0 Å². The summed E-state index contributed by atoms with van der Waals surface area (Å²) in [5.74, 6) is -0.435. The summed E-state index contributed by atoms with van der Waals surface area (Å²) >= 11 is 0. The highest BCUT2D eigenvalue weighted by Crippen LogP contribution is 2.26. The van der Waals surface area contributed by atoms with Gasteiger partial charge in [-0.1, -0.05) is 30.3 Å². The van der Waals surface area contributed by atoms with Gasteiger partial charge in [-0.15, -0.1) is 0 Å². The number of nitrogens with two attached hydrogens (primary N) is 1. The smallest absolute Gasteiger partial charge is 0.249 e. The maximum atomic E-state index is 11.5. The lowest BCUT2D eigenvalue weighted by molar-refractivity contribution is 0.100. The van der Waals surface area contributed by atoms with Crippen molar-refractivity contribution in [2.75, 3.05) is 0 Å². The van der Waals surface area contributed by atoms with Crippen molar-refractivity contribution >= 4 is 16.8 Å². The zero-order valence-corrected chi connectivity index (χ0v) is 10.1. The molecule has 0 aliphatic heterocycles. The van der Waals surface area contributed by atoms with E-state index in [2.05, 4.69) is 10.2 Å². The number of carbonyl (C=O) groups excluding carboxylic acids is 1. The zero-order chi connectivity index (χ0) is 13.2. The van der Waals surface area contributed by atoms with Crippen LogP contribution in [-0.4, -0.2) is 16.1 Å². The summed E-state index contributed by atoms with van der Waals surface area (Å²) in [6.07, 6.45) is 1.65. The number of aromatic nitrogens is 2. The van der Waals surface area contributed by atoms with Crippen LogP contribution in [0.25, 0.3) is 22.0 Å². The van der Waals surface area contributed by atoms with Crippen molar-refractivity contribution in [3.8, 4) is 11.1 Å². The molecule has 2 aromatic carbocycles. The van der Waals surface area contributed by atoms with E-state index in [0.29, 0.717) is 5.56 Å². The van der Waals surface area contributed by atoms with Gasteiger partial charge in [0.1, 0.15) is 0 Å². The van der Waals surface area contributed by atoms with E-state index >= 15 is 0 Å². The first-order valence-electron chi connectivity index (χ1n) is 5.86. The van der Waals surface area contributed by atoms with E-state index in [0.717, 1.165) is 22.0 Å². The van der Waals surface area contributed by atoms with Gasteiger partial charge in [-0.25, -0.2) is 0 Å². The Morgan fingerprint density at radius 2 is 1.89 bits per heavy atom. The summed E-state index contributed by atoms with van der Waals surface area (Å²) in [6.45, 7) is 0. The third kappa shape index (κ3) is 2.04. The van der Waals surface area contributed by atoms with Crippen LogP contribution in [0.2, 0.25) is 0 Å². The molecule has 0 saturated carbocycles. The van der Waals surface area contributed by atoms with Gasteiger partial charge in [-0.3, -0.25) is 4.79 Å². The van der Waals surface area contributed by atoms with E-state index in [9.17, 15) is 4.79 Å². The standard InChI is InChI=1S/C15H11N3O/c16-15(19)13-4-2-1-3-12(13)11-6-5-10-7-8-17-18-14(10)9-11/h1-9H,(H2,16,19). The zero-order valence-electron chi connectivity index (χ0n) is 10.1. The van der Waals surface area contributed by atoms with Gasteiger partial charge in [-0.2, -0.15) is 10.2 Å². The fraction of sp³-hybridized carbons (Fsp3) is 0. The molecular weight excluding hydrogens is 238 g/mol. The van der Waals surface area contributed by atoms with Crippen molar-refractivity contribution in [3.05, 3.63) is 60.3 Å². The van der Waals surface area contributed by atoms with E-state index in [4.69, 9.17) is 5.73 Å². The number of hydrogen-bond acceptors (Lipinski definition) is 3. The van der Waals surface area contributed by atoms with Gasteiger partial charge in [0.05, 0.1) is 11.7 Å². The molecule has 1 heterocycles. The monoisotopic (exact) mass is 249 g/mol. The molecular formula is C15H11N3O. The number of benzene rings is 2. The highest BCUT2D eigenvalue weighted by atomic mass is 16.1. The minimum Gasteiger partial charge on any atom is -0.366 e. The molecule has 19 heavy (non-hydrogen) atoms. The predicted octanol–water partition coefficient (Wildman–Crippen LogP) is 2.40. The Hall–Kier alpha value is -2.75. The van der Waals surface area contributed by atoms with Crippen molar-refractivity contribution in [3.63, 3.8) is 0 Å². The molecule has 3 aromatic rings. The van der Waals surface area contributed by atoms with Crippen LogP contribution in [-0.2, 0) is 0 Å². The van der Waals surface area contributed by atoms with Gasteiger partial charge in [0.2, 0.25) is 5.91 Å². The molecule has 0 atom stereocenters. The largest absolute Gasteiger partial charge is 0.366 e. The van der Waals surface area contributed by atoms with E-state index in [1.165, 1.54) is 0 Å². The Bertz CT molecular complexity index is 768. The van der Waals surface area contributed by atoms with Crippen LogP contribution < -0.4 is 5.73 Å². The second-order valence-electron chi connectivity index (χ2n) is 4.21. The average molecular weight is 249 g/mol. The Morgan fingerprint density at radius 1 is 1.05 bits per heavy atom. The molecule has 1 amide bonds. The quantitative estimate of drug-likeness (QED) is 0.758. The molecule has 4 nitrogen and oxygen atoms in total. The van der Waals surface area contributed by atoms with Gasteiger partial charge in [-0.05, 0) is 29.3 Å². The summed E-state index contributed by atoms with van der Waals surface area (Å²) in [4.78, 5) is 11.5. The Kier molecular flexibility index (Phi) is 2.68. The molecule has 0 bridgehead atoms. The van der Waals surface area contributed by atoms with Crippen molar-refractivity contribution in [1.29, 1.82) is 0 Å². The summed E-state index contributed by atoms with van der Waals surface area (Å²) in [6, 6.07) is 15.0. The first-order valence-corrected chi connectivity index (χ1v) is 5.86. The molecule has 2 N–H and O–H groups in total. The first-order chi connectivity index (χ1) is 9.25. The van der Waals surface area contributed by atoms with Crippen molar-refractivity contribution in [1.82, 2.24) is 10.2 Å². The molecule has 92 valence electrons. The van der Waals surface area contributed by atoms with Crippen LogP contribution >= 0.6 is 0 Å². The van der Waals surface area contributed by atoms with Crippen LogP contribution in [0.4, 0.5) is 0 Å². The third-order valence-electron chi connectivity index (χ3n) is 3.02. The van der Waals surface area contributed by atoms with Gasteiger partial charge < -0.3 is 5.73 Å². The highest BCUT2D eigenvalue weighted by Gasteiger charge is 2.09. The number of rotatable bonds is 2. The molecule has 4 heteroatoms. The van der Waals surface area contributed by atoms with Crippen LogP contribution in [0, 0.1) is 0 Å². The van der Waals surface area contributed by atoms with Crippen molar-refractivity contribution < 1.29 is 4.79 Å². The van der Waals surface area contributed by atoms with E-state index in [-0.39, 0.29) is 0 Å². The summed E-state index contributed by atoms with van der Waals surface area (Å²) in [5, 5.41) is 8.95. The van der Waals surface area contributed by atoms with Crippen LogP contribution in [0.15, 0.2) is 54.7 Å². The minimum absolute atomic E-state index is 0.435. The van der Waals surface area contributed by atoms with Crippen LogP contribution in [0.3, 0.4) is 0 Å². The Labute approximate surface area is 109 Å². The van der Waals surface area contributed by atoms with Crippen molar-refractivity contribution in [2.45, 2.75) is 0 Å². The number of fused-ring (bicyclic) bond motifs is 1. The second-order valence-corrected chi connectivity index (χ2v) is 4.21. The molecule has 1 aromatic heterocycles. The topological polar surface area (TPSA) is 68.9 Å². The van der Waals surface area contributed by atoms with Gasteiger partial charge in [0.15, 0.2) is 0 Å². The predicted molar refractivity (Wildman–Crippen MR) is 73.5 cm³/mol. The lowest BCUT2D eigenvalue weighted by atomic mass is 9.98. The lowest BCUT2D eigenvalue weighted by Crippen LogP contribution is -2.12. The molecule has 0 unspecified atom stereocenters. The molecule has 3 rings (SSSR count). The number of nitrogens with zero attached hydrogens (tertiary/aromatic N) is 2. The molecule has 0 aliphatic carbocycles. The third-order valence-corrected chi connectivity index (χ3v) is 3.02. The molecule has 0 fully saturated rings. The summed E-state index contributed by atoms with van der Waals surface area (Å²) in [7, 11) is 0. The van der Waals surface area contributed by atoms with Gasteiger partial charge in [0.25, 0.3) is 0 Å². The van der Waals surface area contributed by atoms with Gasteiger partial charge in [0, 0.05) is 10.9 Å². The van der Waals surface area contributed by atoms with E-state index in [1.807, 2.05) is 36.4 Å². The number of hydrogen-bond donors (Lipinski definition) is 1.